The second kappa shape index (κ2) is 18.4. The molecule has 5 aromatic carbocycles. The van der Waals surface area contributed by atoms with Crippen LogP contribution in [0.4, 0.5) is 0 Å². The van der Waals surface area contributed by atoms with Crippen molar-refractivity contribution in [3.05, 3.63) is 192 Å². The van der Waals surface area contributed by atoms with Crippen molar-refractivity contribution in [2.75, 3.05) is 6.61 Å². The fraction of sp³-hybridized carbons (Fsp3) is 0.273. The highest BCUT2D eigenvalue weighted by Crippen LogP contribution is 2.36. The van der Waals surface area contributed by atoms with Crippen molar-refractivity contribution >= 4 is 0 Å². The van der Waals surface area contributed by atoms with Crippen LogP contribution in [0.25, 0.3) is 0 Å². The Morgan fingerprint density at radius 2 is 0.816 bits per heavy atom. The quantitative estimate of drug-likeness (QED) is 0.0939. The molecule has 6 rings (SSSR count). The molecule has 0 N–H and O–H groups in total. The fourth-order valence-electron chi connectivity index (χ4n) is 6.68. The first kappa shape index (κ1) is 34.5. The molecule has 0 unspecified atom stereocenters. The summed E-state index contributed by atoms with van der Waals surface area (Å²) in [5, 5.41) is 0. The first-order valence-corrected chi connectivity index (χ1v) is 17.3. The van der Waals surface area contributed by atoms with Gasteiger partial charge in [-0.3, -0.25) is 4.90 Å². The van der Waals surface area contributed by atoms with E-state index in [2.05, 4.69) is 139 Å². The van der Waals surface area contributed by atoms with Crippen LogP contribution in [0.15, 0.2) is 164 Å². The van der Waals surface area contributed by atoms with Crippen molar-refractivity contribution in [3.63, 3.8) is 0 Å². The van der Waals surface area contributed by atoms with Gasteiger partial charge in [0, 0.05) is 12.6 Å². The van der Waals surface area contributed by atoms with Crippen LogP contribution in [0.5, 0.6) is 0 Å². The van der Waals surface area contributed by atoms with Gasteiger partial charge >= 0.3 is 0 Å². The van der Waals surface area contributed by atoms with E-state index in [4.69, 9.17) is 18.9 Å². The number of benzene rings is 5. The molecule has 0 spiro atoms. The van der Waals surface area contributed by atoms with Crippen LogP contribution >= 0.6 is 0 Å². The molecule has 1 fully saturated rings. The maximum Gasteiger partial charge on any atom is 0.113 e. The Morgan fingerprint density at radius 3 is 1.24 bits per heavy atom. The van der Waals surface area contributed by atoms with Gasteiger partial charge in [-0.05, 0) is 34.2 Å². The molecular formula is C44H47NO4. The largest absolute Gasteiger partial charge is 0.375 e. The number of nitrogens with zero attached hydrogens (tertiary/aromatic N) is 1. The lowest BCUT2D eigenvalue weighted by molar-refractivity contribution is -0.230. The molecule has 5 nitrogen and oxygen atoms in total. The van der Waals surface area contributed by atoms with Gasteiger partial charge in [-0.2, -0.15) is 0 Å². The second-order valence-electron chi connectivity index (χ2n) is 12.6. The number of likely N-dealkylation sites (tertiary alicyclic amines) is 1. The van der Waals surface area contributed by atoms with Gasteiger partial charge < -0.3 is 18.9 Å². The Kier molecular flexibility index (Phi) is 13.0. The van der Waals surface area contributed by atoms with Crippen molar-refractivity contribution in [2.45, 2.75) is 69.8 Å². The van der Waals surface area contributed by atoms with Crippen molar-refractivity contribution in [1.29, 1.82) is 0 Å². The Bertz CT molecular complexity index is 1630. The van der Waals surface area contributed by atoms with E-state index >= 15 is 0 Å². The van der Waals surface area contributed by atoms with E-state index in [0.717, 1.165) is 28.7 Å². The van der Waals surface area contributed by atoms with Crippen LogP contribution in [0.3, 0.4) is 0 Å². The summed E-state index contributed by atoms with van der Waals surface area (Å²) in [5.41, 5.74) is 5.69. The first-order valence-electron chi connectivity index (χ1n) is 17.3. The summed E-state index contributed by atoms with van der Waals surface area (Å²) in [6.07, 6.45) is 1.68. The number of hydrogen-bond acceptors (Lipinski definition) is 5. The molecule has 0 radical (unpaired) electrons. The minimum atomic E-state index is -0.380. The van der Waals surface area contributed by atoms with E-state index in [-0.39, 0.29) is 30.4 Å². The average molecular weight is 654 g/mol. The molecule has 5 aromatic rings. The summed E-state index contributed by atoms with van der Waals surface area (Å²) in [5.74, 6) is 0. The third kappa shape index (κ3) is 9.85. The molecule has 49 heavy (non-hydrogen) atoms. The lowest BCUT2D eigenvalue weighted by atomic mass is 9.85. The lowest BCUT2D eigenvalue weighted by Gasteiger charge is -2.53. The van der Waals surface area contributed by atoms with Crippen molar-refractivity contribution in [1.82, 2.24) is 4.90 Å². The molecule has 1 saturated heterocycles. The number of piperidine rings is 1. The van der Waals surface area contributed by atoms with Crippen molar-refractivity contribution in [3.8, 4) is 0 Å². The summed E-state index contributed by atoms with van der Waals surface area (Å²) in [6.45, 7) is 7.24. The Hall–Kier alpha value is -4.36. The zero-order chi connectivity index (χ0) is 33.5. The summed E-state index contributed by atoms with van der Waals surface area (Å²) in [7, 11) is 0. The minimum absolute atomic E-state index is 0.0379. The van der Waals surface area contributed by atoms with Gasteiger partial charge in [0.25, 0.3) is 0 Å². The van der Waals surface area contributed by atoms with Crippen LogP contribution in [-0.2, 0) is 51.9 Å². The van der Waals surface area contributed by atoms with Gasteiger partial charge in [0.15, 0.2) is 0 Å². The molecule has 0 aliphatic carbocycles. The first-order chi connectivity index (χ1) is 24.3. The highest BCUT2D eigenvalue weighted by molar-refractivity contribution is 5.19. The van der Waals surface area contributed by atoms with Crippen LogP contribution in [-0.4, -0.2) is 41.9 Å². The minimum Gasteiger partial charge on any atom is -0.375 e. The summed E-state index contributed by atoms with van der Waals surface area (Å²) in [4.78, 5) is 2.52. The zero-order valence-corrected chi connectivity index (χ0v) is 28.1. The lowest BCUT2D eigenvalue weighted by Crippen LogP contribution is -2.68. The summed E-state index contributed by atoms with van der Waals surface area (Å²) in [6, 6.07) is 51.8. The predicted molar refractivity (Wildman–Crippen MR) is 196 cm³/mol. The van der Waals surface area contributed by atoms with Crippen LogP contribution in [0.1, 0.15) is 34.2 Å². The van der Waals surface area contributed by atoms with E-state index < -0.39 is 0 Å². The van der Waals surface area contributed by atoms with Gasteiger partial charge in [-0.25, -0.2) is 0 Å². The van der Waals surface area contributed by atoms with E-state index in [1.54, 1.807) is 0 Å². The Balaban J connectivity index is 1.39. The zero-order valence-electron chi connectivity index (χ0n) is 28.1. The molecule has 5 atom stereocenters. The monoisotopic (exact) mass is 653 g/mol. The van der Waals surface area contributed by atoms with Gasteiger partial charge in [-0.15, -0.1) is 6.58 Å². The van der Waals surface area contributed by atoms with Crippen LogP contribution < -0.4 is 0 Å². The molecule has 0 aromatic heterocycles. The van der Waals surface area contributed by atoms with E-state index in [0.29, 0.717) is 39.6 Å². The molecule has 0 amide bonds. The molecule has 1 aliphatic rings. The molecule has 0 saturated carbocycles. The Labute approximate surface area is 291 Å². The van der Waals surface area contributed by atoms with E-state index in [1.165, 1.54) is 5.56 Å². The standard InChI is InChI=1S/C44H47NO4/c1-2-18-40-42(47-31-37-23-12-5-13-24-37)44(49-33-39-27-16-7-17-28-39)43(48-32-38-25-14-6-15-26-38)41(34-46-30-36-21-10-4-11-22-36)45(40)29-35-19-8-3-9-20-35/h2-17,19-28,40-44H,1,18,29-34H2/t40-,41-,42+,43-,44-/m1/s1. The second-order valence-corrected chi connectivity index (χ2v) is 12.6. The highest BCUT2D eigenvalue weighted by atomic mass is 16.6. The van der Waals surface area contributed by atoms with Crippen LogP contribution in [0, 0.1) is 0 Å². The third-order valence-electron chi connectivity index (χ3n) is 9.13. The van der Waals surface area contributed by atoms with Gasteiger partial charge in [0.05, 0.1) is 39.1 Å². The number of hydrogen-bond donors (Lipinski definition) is 0. The van der Waals surface area contributed by atoms with Crippen LogP contribution in [0.2, 0.25) is 0 Å². The van der Waals surface area contributed by atoms with Crippen molar-refractivity contribution < 1.29 is 18.9 Å². The summed E-state index contributed by atoms with van der Waals surface area (Å²) < 4.78 is 27.5. The Morgan fingerprint density at radius 1 is 0.449 bits per heavy atom. The molecule has 1 aliphatic heterocycles. The highest BCUT2D eigenvalue weighted by Gasteiger charge is 2.51. The van der Waals surface area contributed by atoms with E-state index in [9.17, 15) is 0 Å². The predicted octanol–water partition coefficient (Wildman–Crippen LogP) is 8.79. The average Bonchev–Trinajstić information content (AvgIpc) is 3.16. The SMILES string of the molecule is C=CC[C@@H]1[C@H](OCc2ccccc2)[C@@H](OCc2ccccc2)[C@H](OCc2ccccc2)[C@@H](COCc2ccccc2)N1Cc1ccccc1. The molecule has 252 valence electrons. The number of ether oxygens (including phenoxy) is 4. The third-order valence-corrected chi connectivity index (χ3v) is 9.13. The van der Waals surface area contributed by atoms with Crippen molar-refractivity contribution in [2.24, 2.45) is 0 Å². The number of rotatable bonds is 17. The molecule has 0 bridgehead atoms. The molecule has 1 heterocycles. The normalized spacial score (nSPS) is 20.9. The molecule has 5 heteroatoms. The smallest absolute Gasteiger partial charge is 0.113 e. The fourth-order valence-corrected chi connectivity index (χ4v) is 6.68. The van der Waals surface area contributed by atoms with E-state index in [1.807, 2.05) is 30.3 Å². The van der Waals surface area contributed by atoms with Gasteiger partial charge in [-0.1, -0.05) is 158 Å². The van der Waals surface area contributed by atoms with Gasteiger partial charge in [0.1, 0.15) is 18.3 Å². The maximum atomic E-state index is 7.01. The molecular weight excluding hydrogens is 606 g/mol. The topological polar surface area (TPSA) is 40.2 Å². The summed E-state index contributed by atoms with van der Waals surface area (Å²) >= 11 is 0. The van der Waals surface area contributed by atoms with Gasteiger partial charge in [0.2, 0.25) is 0 Å². The maximum absolute atomic E-state index is 7.01.